The molecule has 0 atom stereocenters. The lowest BCUT2D eigenvalue weighted by atomic mass is 10.2. The Morgan fingerprint density at radius 1 is 1.11 bits per heavy atom. The quantitative estimate of drug-likeness (QED) is 0.805. The lowest BCUT2D eigenvalue weighted by Crippen LogP contribution is -2.24. The van der Waals surface area contributed by atoms with E-state index in [0.717, 1.165) is 13.1 Å². The fraction of sp³-hybridized carbons (Fsp3) is 0.571. The van der Waals surface area contributed by atoms with Crippen molar-refractivity contribution in [3.63, 3.8) is 0 Å². The third kappa shape index (κ3) is 4.43. The first-order valence-electron chi connectivity index (χ1n) is 6.63. The largest absolute Gasteiger partial charge is 0.313 e. The third-order valence-corrected chi connectivity index (χ3v) is 4.08. The molecule has 0 spiro atoms. The SMILES string of the molecule is Clc1ccc(CNCCCN2CCCC2)cc1Cl. The van der Waals surface area contributed by atoms with Crippen molar-refractivity contribution in [2.45, 2.75) is 25.8 Å². The second-order valence-corrected chi connectivity index (χ2v) is 5.64. The molecule has 100 valence electrons. The van der Waals surface area contributed by atoms with Crippen molar-refractivity contribution in [3.8, 4) is 0 Å². The lowest BCUT2D eigenvalue weighted by molar-refractivity contribution is 0.331. The highest BCUT2D eigenvalue weighted by atomic mass is 35.5. The predicted molar refractivity (Wildman–Crippen MR) is 78.5 cm³/mol. The normalized spacial score (nSPS) is 16.3. The van der Waals surface area contributed by atoms with Gasteiger partial charge in [0, 0.05) is 6.54 Å². The highest BCUT2D eigenvalue weighted by molar-refractivity contribution is 6.42. The zero-order chi connectivity index (χ0) is 12.8. The Morgan fingerprint density at radius 2 is 1.89 bits per heavy atom. The van der Waals surface area contributed by atoms with Gasteiger partial charge in [0.05, 0.1) is 10.0 Å². The average Bonchev–Trinajstić information content (AvgIpc) is 2.86. The predicted octanol–water partition coefficient (Wildman–Crippen LogP) is 3.57. The molecule has 1 fully saturated rings. The van der Waals surface area contributed by atoms with Crippen LogP contribution in [0.3, 0.4) is 0 Å². The van der Waals surface area contributed by atoms with Gasteiger partial charge in [0.1, 0.15) is 0 Å². The molecule has 0 amide bonds. The molecule has 18 heavy (non-hydrogen) atoms. The Balaban J connectivity index is 1.61. The molecule has 1 heterocycles. The van der Waals surface area contributed by atoms with Crippen LogP contribution in [0.25, 0.3) is 0 Å². The Kier molecular flexibility index (Phi) is 5.77. The molecular weight excluding hydrogens is 267 g/mol. The van der Waals surface area contributed by atoms with Gasteiger partial charge < -0.3 is 10.2 Å². The second kappa shape index (κ2) is 7.34. The van der Waals surface area contributed by atoms with E-state index in [9.17, 15) is 0 Å². The van der Waals surface area contributed by atoms with Gasteiger partial charge >= 0.3 is 0 Å². The van der Waals surface area contributed by atoms with Gasteiger partial charge in [-0.1, -0.05) is 29.3 Å². The third-order valence-electron chi connectivity index (χ3n) is 3.34. The maximum Gasteiger partial charge on any atom is 0.0595 e. The summed E-state index contributed by atoms with van der Waals surface area (Å²) in [5, 5.41) is 4.70. The van der Waals surface area contributed by atoms with Crippen molar-refractivity contribution in [2.75, 3.05) is 26.2 Å². The molecule has 0 unspecified atom stereocenters. The molecule has 1 N–H and O–H groups in total. The van der Waals surface area contributed by atoms with E-state index in [1.165, 1.54) is 44.5 Å². The van der Waals surface area contributed by atoms with E-state index >= 15 is 0 Å². The van der Waals surface area contributed by atoms with Crippen molar-refractivity contribution in [3.05, 3.63) is 33.8 Å². The summed E-state index contributed by atoms with van der Waals surface area (Å²) in [7, 11) is 0. The van der Waals surface area contributed by atoms with Crippen molar-refractivity contribution < 1.29 is 0 Å². The van der Waals surface area contributed by atoms with Crippen molar-refractivity contribution >= 4 is 23.2 Å². The molecule has 0 saturated carbocycles. The first-order valence-corrected chi connectivity index (χ1v) is 7.38. The number of nitrogens with one attached hydrogen (secondary N) is 1. The number of benzene rings is 1. The lowest BCUT2D eigenvalue weighted by Gasteiger charge is -2.14. The molecule has 2 rings (SSSR count). The van der Waals surface area contributed by atoms with Gasteiger partial charge in [-0.25, -0.2) is 0 Å². The minimum absolute atomic E-state index is 0.620. The summed E-state index contributed by atoms with van der Waals surface area (Å²) in [6.45, 7) is 5.70. The van der Waals surface area contributed by atoms with E-state index in [0.29, 0.717) is 10.0 Å². The fourth-order valence-electron chi connectivity index (χ4n) is 2.32. The Morgan fingerprint density at radius 3 is 2.61 bits per heavy atom. The molecule has 2 nitrogen and oxygen atoms in total. The van der Waals surface area contributed by atoms with Crippen LogP contribution in [-0.2, 0) is 6.54 Å². The van der Waals surface area contributed by atoms with Crippen molar-refractivity contribution in [1.82, 2.24) is 10.2 Å². The van der Waals surface area contributed by atoms with Crippen molar-refractivity contribution in [2.24, 2.45) is 0 Å². The van der Waals surface area contributed by atoms with E-state index in [1.807, 2.05) is 18.2 Å². The molecule has 1 aromatic rings. The molecule has 1 saturated heterocycles. The van der Waals surface area contributed by atoms with Gasteiger partial charge in [-0.05, 0) is 63.1 Å². The van der Waals surface area contributed by atoms with Gasteiger partial charge in [0.2, 0.25) is 0 Å². The van der Waals surface area contributed by atoms with E-state index in [4.69, 9.17) is 23.2 Å². The minimum Gasteiger partial charge on any atom is -0.313 e. The standard InChI is InChI=1S/C14H20Cl2N2/c15-13-5-4-12(10-14(13)16)11-17-6-3-9-18-7-1-2-8-18/h4-5,10,17H,1-3,6-9,11H2. The van der Waals surface area contributed by atoms with E-state index in [-0.39, 0.29) is 0 Å². The van der Waals surface area contributed by atoms with Crippen LogP contribution < -0.4 is 5.32 Å². The van der Waals surface area contributed by atoms with E-state index in [2.05, 4.69) is 10.2 Å². The average molecular weight is 287 g/mol. The van der Waals surface area contributed by atoms with Gasteiger partial charge in [0.25, 0.3) is 0 Å². The minimum atomic E-state index is 0.620. The fourth-order valence-corrected chi connectivity index (χ4v) is 2.64. The van der Waals surface area contributed by atoms with Gasteiger partial charge in [-0.3, -0.25) is 0 Å². The maximum absolute atomic E-state index is 5.97. The molecule has 1 aliphatic rings. The van der Waals surface area contributed by atoms with Gasteiger partial charge in [-0.2, -0.15) is 0 Å². The van der Waals surface area contributed by atoms with E-state index < -0.39 is 0 Å². The first kappa shape index (κ1) is 14.1. The monoisotopic (exact) mass is 286 g/mol. The van der Waals surface area contributed by atoms with Crippen LogP contribution in [0.15, 0.2) is 18.2 Å². The van der Waals surface area contributed by atoms with Crippen LogP contribution in [0.5, 0.6) is 0 Å². The van der Waals surface area contributed by atoms with Gasteiger partial charge in [-0.15, -0.1) is 0 Å². The van der Waals surface area contributed by atoms with Crippen LogP contribution in [0.1, 0.15) is 24.8 Å². The summed E-state index contributed by atoms with van der Waals surface area (Å²) in [5.74, 6) is 0. The smallest absolute Gasteiger partial charge is 0.0595 e. The first-order chi connectivity index (χ1) is 8.75. The summed E-state index contributed by atoms with van der Waals surface area (Å²) in [6, 6.07) is 5.80. The van der Waals surface area contributed by atoms with Crippen LogP contribution in [0, 0.1) is 0 Å². The molecule has 1 aromatic carbocycles. The van der Waals surface area contributed by atoms with Gasteiger partial charge in [0.15, 0.2) is 0 Å². The molecule has 1 aliphatic heterocycles. The van der Waals surface area contributed by atoms with Crippen LogP contribution in [0.4, 0.5) is 0 Å². The Labute approximate surface area is 119 Å². The highest BCUT2D eigenvalue weighted by Crippen LogP contribution is 2.22. The molecule has 0 bridgehead atoms. The van der Waals surface area contributed by atoms with Crippen molar-refractivity contribution in [1.29, 1.82) is 0 Å². The zero-order valence-corrected chi connectivity index (χ0v) is 12.1. The number of nitrogens with zero attached hydrogens (tertiary/aromatic N) is 1. The zero-order valence-electron chi connectivity index (χ0n) is 10.6. The number of likely N-dealkylation sites (tertiary alicyclic amines) is 1. The highest BCUT2D eigenvalue weighted by Gasteiger charge is 2.09. The number of rotatable bonds is 6. The summed E-state index contributed by atoms with van der Waals surface area (Å²) in [5.41, 5.74) is 1.19. The molecule has 0 radical (unpaired) electrons. The molecule has 0 aromatic heterocycles. The summed E-state index contributed by atoms with van der Waals surface area (Å²) in [6.07, 6.45) is 3.95. The summed E-state index contributed by atoms with van der Waals surface area (Å²) >= 11 is 11.9. The van der Waals surface area contributed by atoms with Crippen LogP contribution in [-0.4, -0.2) is 31.1 Å². The topological polar surface area (TPSA) is 15.3 Å². The maximum atomic E-state index is 5.97. The summed E-state index contributed by atoms with van der Waals surface area (Å²) < 4.78 is 0. The Bertz CT molecular complexity index is 376. The molecular formula is C14H20Cl2N2. The van der Waals surface area contributed by atoms with Crippen LogP contribution in [0.2, 0.25) is 10.0 Å². The molecule has 4 heteroatoms. The number of hydrogen-bond acceptors (Lipinski definition) is 2. The molecule has 0 aliphatic carbocycles. The Hall–Kier alpha value is -0.280. The second-order valence-electron chi connectivity index (χ2n) is 4.83. The van der Waals surface area contributed by atoms with E-state index in [1.54, 1.807) is 0 Å². The number of halogens is 2. The number of hydrogen-bond donors (Lipinski definition) is 1. The van der Waals surface area contributed by atoms with Crippen LogP contribution >= 0.6 is 23.2 Å². The summed E-state index contributed by atoms with van der Waals surface area (Å²) in [4.78, 5) is 2.54.